The van der Waals surface area contributed by atoms with E-state index >= 15 is 0 Å². The van der Waals surface area contributed by atoms with E-state index in [2.05, 4.69) is 4.98 Å². The SMILES string of the molecule is CCOc1nc(=O)c(C)cn1[C@@H]1O[C@H](COC(C)=O)[C@@H](OC(C)=O)[C@H](OC(C)=O)[C@H]1OC(C)=O. The summed E-state index contributed by atoms with van der Waals surface area (Å²) in [5.41, 5.74) is -0.332. The molecule has 1 aliphatic rings. The van der Waals surface area contributed by atoms with Gasteiger partial charge in [-0.3, -0.25) is 28.5 Å². The highest BCUT2D eigenvalue weighted by Crippen LogP contribution is 2.36. The van der Waals surface area contributed by atoms with Gasteiger partial charge in [0.1, 0.15) is 12.7 Å². The van der Waals surface area contributed by atoms with Gasteiger partial charge in [-0.05, 0) is 13.8 Å². The molecule has 1 aromatic heterocycles. The maximum atomic E-state index is 12.1. The van der Waals surface area contributed by atoms with Crippen molar-refractivity contribution in [2.24, 2.45) is 0 Å². The summed E-state index contributed by atoms with van der Waals surface area (Å²) < 4.78 is 34.1. The highest BCUT2D eigenvalue weighted by Gasteiger charge is 2.53. The number of carbonyl (C=O) groups excluding carboxylic acids is 4. The average molecular weight is 484 g/mol. The van der Waals surface area contributed by atoms with Crippen molar-refractivity contribution in [3.05, 3.63) is 22.1 Å². The Morgan fingerprint density at radius 2 is 1.50 bits per heavy atom. The van der Waals surface area contributed by atoms with Crippen LogP contribution in [0.15, 0.2) is 11.0 Å². The Hall–Kier alpha value is -3.48. The van der Waals surface area contributed by atoms with Crippen molar-refractivity contribution in [1.29, 1.82) is 0 Å². The average Bonchev–Trinajstić information content (AvgIpc) is 2.71. The van der Waals surface area contributed by atoms with Gasteiger partial charge in [0.2, 0.25) is 0 Å². The van der Waals surface area contributed by atoms with Crippen LogP contribution in [0.25, 0.3) is 0 Å². The van der Waals surface area contributed by atoms with Gasteiger partial charge in [-0.15, -0.1) is 0 Å². The molecule has 13 heteroatoms. The largest absolute Gasteiger partial charge is 0.465 e. The van der Waals surface area contributed by atoms with E-state index in [0.29, 0.717) is 0 Å². The normalized spacial score (nSPS) is 24.0. The first-order valence-corrected chi connectivity index (χ1v) is 10.5. The van der Waals surface area contributed by atoms with Crippen molar-refractivity contribution >= 4 is 23.9 Å². The molecule has 0 spiro atoms. The molecule has 1 fully saturated rings. The quantitative estimate of drug-likeness (QED) is 0.365. The van der Waals surface area contributed by atoms with Crippen molar-refractivity contribution in [2.75, 3.05) is 13.2 Å². The van der Waals surface area contributed by atoms with Crippen LogP contribution in [0.4, 0.5) is 0 Å². The molecule has 0 amide bonds. The van der Waals surface area contributed by atoms with Crippen LogP contribution < -0.4 is 10.3 Å². The minimum absolute atomic E-state index is 0.140. The van der Waals surface area contributed by atoms with Gasteiger partial charge in [-0.25, -0.2) is 0 Å². The van der Waals surface area contributed by atoms with E-state index in [4.69, 9.17) is 28.4 Å². The van der Waals surface area contributed by atoms with Crippen molar-refractivity contribution in [3.63, 3.8) is 0 Å². The van der Waals surface area contributed by atoms with Gasteiger partial charge in [0.25, 0.3) is 5.56 Å². The first-order valence-electron chi connectivity index (χ1n) is 10.5. The van der Waals surface area contributed by atoms with Crippen LogP contribution in [-0.4, -0.2) is 71.1 Å². The summed E-state index contributed by atoms with van der Waals surface area (Å²) >= 11 is 0. The summed E-state index contributed by atoms with van der Waals surface area (Å²) in [6, 6.07) is -0.154. The van der Waals surface area contributed by atoms with Gasteiger partial charge >= 0.3 is 29.9 Å². The molecule has 0 N–H and O–H groups in total. The van der Waals surface area contributed by atoms with E-state index in [-0.39, 0.29) is 24.8 Å². The molecule has 1 aromatic rings. The first kappa shape index (κ1) is 26.8. The van der Waals surface area contributed by atoms with E-state index < -0.39 is 60.1 Å². The fourth-order valence-corrected chi connectivity index (χ4v) is 3.40. The molecule has 1 aliphatic heterocycles. The zero-order valence-corrected chi connectivity index (χ0v) is 19.8. The predicted molar refractivity (Wildman–Crippen MR) is 112 cm³/mol. The first-order chi connectivity index (χ1) is 15.9. The van der Waals surface area contributed by atoms with Gasteiger partial charge in [-0.1, -0.05) is 0 Å². The van der Waals surface area contributed by atoms with Crippen LogP contribution in [0, 0.1) is 6.92 Å². The number of aromatic nitrogens is 2. The Bertz CT molecular complexity index is 989. The van der Waals surface area contributed by atoms with Gasteiger partial charge < -0.3 is 28.4 Å². The van der Waals surface area contributed by atoms with Crippen molar-refractivity contribution in [3.8, 4) is 6.01 Å². The van der Waals surface area contributed by atoms with Crippen LogP contribution in [0.1, 0.15) is 46.4 Å². The smallest absolute Gasteiger partial charge is 0.303 e. The second-order valence-electron chi connectivity index (χ2n) is 7.44. The summed E-state index contributed by atoms with van der Waals surface area (Å²) in [5, 5.41) is 0. The number of esters is 4. The number of hydrogen-bond donors (Lipinski definition) is 0. The van der Waals surface area contributed by atoms with Gasteiger partial charge in [0.05, 0.1) is 6.61 Å². The third kappa shape index (κ3) is 6.76. The minimum atomic E-state index is -1.36. The standard InChI is InChI=1S/C21H28N2O11/c1-7-29-21-22-19(28)10(2)8-23(21)20-18(33-14(6)27)17(32-13(5)26)16(31-12(4)25)15(34-20)9-30-11(3)24/h8,15-18,20H,7,9H2,1-6H3/t15-,16-,17+,18-,20-/m1/s1. The second kappa shape index (κ2) is 11.6. The molecule has 0 aliphatic carbocycles. The van der Waals surface area contributed by atoms with Gasteiger partial charge in [-0.2, -0.15) is 4.98 Å². The number of carbonyl (C=O) groups is 4. The number of aryl methyl sites for hydroxylation is 1. The molecule has 2 heterocycles. The Kier molecular flexibility index (Phi) is 9.12. The molecule has 0 saturated carbocycles. The summed E-state index contributed by atoms with van der Waals surface area (Å²) in [6.45, 7) is 7.49. The second-order valence-corrected chi connectivity index (χ2v) is 7.44. The fraction of sp³-hybridized carbons (Fsp3) is 0.619. The fourth-order valence-electron chi connectivity index (χ4n) is 3.40. The van der Waals surface area contributed by atoms with Crippen LogP contribution in [0.2, 0.25) is 0 Å². The lowest BCUT2D eigenvalue weighted by molar-refractivity contribution is -0.269. The predicted octanol–water partition coefficient (Wildman–Crippen LogP) is 0.206. The molecule has 2 rings (SSSR count). The molecule has 0 aromatic carbocycles. The van der Waals surface area contributed by atoms with E-state index in [1.54, 1.807) is 6.92 Å². The molecule has 0 radical (unpaired) electrons. The Morgan fingerprint density at radius 3 is 2.03 bits per heavy atom. The van der Waals surface area contributed by atoms with Crippen molar-refractivity contribution < 1.29 is 47.6 Å². The highest BCUT2D eigenvalue weighted by atomic mass is 16.7. The zero-order valence-electron chi connectivity index (χ0n) is 19.8. The lowest BCUT2D eigenvalue weighted by Gasteiger charge is -2.45. The van der Waals surface area contributed by atoms with Crippen molar-refractivity contribution in [1.82, 2.24) is 9.55 Å². The molecular formula is C21H28N2O11. The summed E-state index contributed by atoms with van der Waals surface area (Å²) in [6.07, 6.45) is -5.06. The molecule has 5 atom stereocenters. The molecule has 34 heavy (non-hydrogen) atoms. The molecule has 1 saturated heterocycles. The monoisotopic (exact) mass is 484 g/mol. The molecule has 188 valence electrons. The lowest BCUT2D eigenvalue weighted by atomic mass is 9.97. The maximum Gasteiger partial charge on any atom is 0.303 e. The summed E-state index contributed by atoms with van der Waals surface area (Å²) in [4.78, 5) is 63.2. The van der Waals surface area contributed by atoms with Crippen LogP contribution in [0.5, 0.6) is 6.01 Å². The molecule has 0 bridgehead atoms. The zero-order chi connectivity index (χ0) is 25.6. The topological polar surface area (TPSA) is 159 Å². The van der Waals surface area contributed by atoms with Crippen LogP contribution in [0.3, 0.4) is 0 Å². The Morgan fingerprint density at radius 1 is 0.941 bits per heavy atom. The Balaban J connectivity index is 2.69. The lowest BCUT2D eigenvalue weighted by Crippen LogP contribution is -2.60. The molecule has 0 unspecified atom stereocenters. The molecule has 13 nitrogen and oxygen atoms in total. The highest BCUT2D eigenvalue weighted by molar-refractivity contribution is 5.68. The van der Waals surface area contributed by atoms with E-state index in [0.717, 1.165) is 20.8 Å². The van der Waals surface area contributed by atoms with Crippen molar-refractivity contribution in [2.45, 2.75) is 72.2 Å². The third-order valence-corrected chi connectivity index (χ3v) is 4.60. The third-order valence-electron chi connectivity index (χ3n) is 4.60. The summed E-state index contributed by atoms with van der Waals surface area (Å²) in [7, 11) is 0. The van der Waals surface area contributed by atoms with E-state index in [9.17, 15) is 24.0 Å². The number of hydrogen-bond acceptors (Lipinski definition) is 12. The number of rotatable bonds is 8. The molecular weight excluding hydrogens is 456 g/mol. The maximum absolute atomic E-state index is 12.1. The van der Waals surface area contributed by atoms with E-state index in [1.807, 2.05) is 0 Å². The number of ether oxygens (including phenoxy) is 6. The number of nitrogens with zero attached hydrogens (tertiary/aromatic N) is 2. The van der Waals surface area contributed by atoms with Crippen LogP contribution >= 0.6 is 0 Å². The van der Waals surface area contributed by atoms with E-state index in [1.165, 1.54) is 24.6 Å². The Labute approximate surface area is 195 Å². The summed E-state index contributed by atoms with van der Waals surface area (Å²) in [5.74, 6) is -2.89. The van der Waals surface area contributed by atoms with Crippen LogP contribution in [-0.2, 0) is 42.9 Å². The van der Waals surface area contributed by atoms with Gasteiger partial charge in [0.15, 0.2) is 24.5 Å². The minimum Gasteiger partial charge on any atom is -0.465 e. The van der Waals surface area contributed by atoms with Gasteiger partial charge in [0, 0.05) is 39.5 Å².